The molecule has 4 rings (SSSR count). The van der Waals surface area contributed by atoms with Gasteiger partial charge < -0.3 is 24.6 Å². The first-order valence-electron chi connectivity index (χ1n) is 27.4. The van der Waals surface area contributed by atoms with E-state index >= 15 is 0 Å². The Hall–Kier alpha value is -1.81. The first-order chi connectivity index (χ1) is 31.1. The summed E-state index contributed by atoms with van der Waals surface area (Å²) >= 11 is 0. The van der Waals surface area contributed by atoms with Crippen molar-refractivity contribution in [1.29, 1.82) is 0 Å². The molecule has 0 aromatic rings. The molecule has 4 aliphatic carbocycles. The van der Waals surface area contributed by atoms with Gasteiger partial charge in [-0.25, -0.2) is 0 Å². The Kier molecular flexibility index (Phi) is 26.2. The predicted molar refractivity (Wildman–Crippen MR) is 261 cm³/mol. The van der Waals surface area contributed by atoms with Crippen LogP contribution in [0.25, 0.3) is 0 Å². The molecule has 0 aromatic heterocycles. The van der Waals surface area contributed by atoms with Crippen LogP contribution < -0.4 is 0 Å². The Bertz CT molecular complexity index is 1330. The molecular weight excluding hydrogens is 801 g/mol. The molecule has 9 heteroatoms. The van der Waals surface area contributed by atoms with Crippen LogP contribution in [0, 0.1) is 28.6 Å². The molecule has 64 heavy (non-hydrogen) atoms. The smallest absolute Gasteiger partial charge is 0.306 e. The summed E-state index contributed by atoms with van der Waals surface area (Å²) < 4.78 is 12.2. The third-order valence-electron chi connectivity index (χ3n) is 16.6. The highest BCUT2D eigenvalue weighted by molar-refractivity contribution is 5.87. The molecule has 0 bridgehead atoms. The lowest BCUT2D eigenvalue weighted by Crippen LogP contribution is -2.50. The second-order valence-electron chi connectivity index (χ2n) is 21.4. The molecule has 0 amide bonds. The van der Waals surface area contributed by atoms with Crippen molar-refractivity contribution in [2.45, 2.75) is 239 Å². The number of esters is 2. The van der Waals surface area contributed by atoms with Gasteiger partial charge in [-0.3, -0.25) is 19.3 Å². The number of allylic oxidation sites excluding steroid dienone is 1. The normalized spacial score (nSPS) is 25.4. The van der Waals surface area contributed by atoms with Crippen LogP contribution in [0.4, 0.5) is 0 Å². The van der Waals surface area contributed by atoms with Gasteiger partial charge >= 0.3 is 11.9 Å². The van der Waals surface area contributed by atoms with Crippen LogP contribution in [0.3, 0.4) is 0 Å². The zero-order valence-corrected chi connectivity index (χ0v) is 41.9. The molecule has 0 heterocycles. The second kappa shape index (κ2) is 30.5. The fraction of sp³-hybridized carbons (Fsp3) is 0.909. The van der Waals surface area contributed by atoms with Crippen molar-refractivity contribution in [2.24, 2.45) is 28.6 Å². The van der Waals surface area contributed by atoms with E-state index in [1.54, 1.807) is 0 Å². The van der Waals surface area contributed by atoms with Crippen molar-refractivity contribution in [3.05, 3.63) is 11.6 Å². The molecule has 0 aromatic carbocycles. The summed E-state index contributed by atoms with van der Waals surface area (Å²) in [5.41, 5.74) is 1.59. The van der Waals surface area contributed by atoms with Crippen LogP contribution in [0.5, 0.6) is 0 Å². The molecule has 6 unspecified atom stereocenters. The van der Waals surface area contributed by atoms with E-state index in [0.717, 1.165) is 148 Å². The van der Waals surface area contributed by atoms with Gasteiger partial charge in [0.2, 0.25) is 0 Å². The van der Waals surface area contributed by atoms with Crippen molar-refractivity contribution in [3.63, 3.8) is 0 Å². The van der Waals surface area contributed by atoms with E-state index in [4.69, 9.17) is 9.47 Å². The van der Waals surface area contributed by atoms with Crippen LogP contribution >= 0.6 is 0 Å². The maximum Gasteiger partial charge on any atom is 0.306 e. The fourth-order valence-electron chi connectivity index (χ4n) is 12.6. The summed E-state index contributed by atoms with van der Waals surface area (Å²) in [6.45, 7) is 14.3. The Morgan fingerprint density at radius 1 is 0.641 bits per heavy atom. The molecule has 0 saturated heterocycles. The lowest BCUT2D eigenvalue weighted by atomic mass is 9.48. The van der Waals surface area contributed by atoms with Crippen molar-refractivity contribution >= 4 is 17.7 Å². The SMILES string of the molecule is CCCCCCCCC(CCCCCCCC)OC(=O)CCCCCN(CCCCCC(=O)OC1CCC2(C)C(=CCC3C4CCC(=O)C4(C)CCC32)C1)CCCN(CCO)CCO. The molecule has 0 aliphatic heterocycles. The summed E-state index contributed by atoms with van der Waals surface area (Å²) in [7, 11) is 0. The number of unbranched alkanes of at least 4 members (excludes halogenated alkanes) is 14. The third-order valence-corrected chi connectivity index (χ3v) is 16.6. The quantitative estimate of drug-likeness (QED) is 0.0360. The van der Waals surface area contributed by atoms with E-state index in [1.807, 2.05) is 0 Å². The average molecular weight is 899 g/mol. The number of carbonyl (C=O) groups is 3. The topological polar surface area (TPSA) is 117 Å². The fourth-order valence-corrected chi connectivity index (χ4v) is 12.6. The summed E-state index contributed by atoms with van der Waals surface area (Å²) in [5.74, 6) is 2.23. The van der Waals surface area contributed by atoms with Crippen molar-refractivity contribution in [3.8, 4) is 0 Å². The molecule has 3 saturated carbocycles. The molecule has 6 atom stereocenters. The third kappa shape index (κ3) is 18.0. The van der Waals surface area contributed by atoms with Crippen LogP contribution in [0.15, 0.2) is 11.6 Å². The van der Waals surface area contributed by atoms with Gasteiger partial charge in [-0.05, 0) is 146 Å². The van der Waals surface area contributed by atoms with E-state index in [-0.39, 0.29) is 48.2 Å². The number of nitrogens with zero attached hydrogens (tertiary/aromatic N) is 2. The summed E-state index contributed by atoms with van der Waals surface area (Å²) in [6, 6.07) is 0. The average Bonchev–Trinajstić information content (AvgIpc) is 3.59. The van der Waals surface area contributed by atoms with E-state index < -0.39 is 0 Å². The number of aliphatic hydroxyl groups excluding tert-OH is 2. The van der Waals surface area contributed by atoms with Gasteiger partial charge in [-0.15, -0.1) is 0 Å². The number of hydrogen-bond donors (Lipinski definition) is 2. The van der Waals surface area contributed by atoms with Gasteiger partial charge in [0.15, 0.2) is 0 Å². The van der Waals surface area contributed by atoms with Crippen LogP contribution in [-0.4, -0.2) is 102 Å². The minimum absolute atomic E-state index is 0.0180. The molecule has 4 aliphatic rings. The Morgan fingerprint density at radius 2 is 1.16 bits per heavy atom. The van der Waals surface area contributed by atoms with E-state index in [9.17, 15) is 24.6 Å². The molecular formula is C55H98N2O7. The number of hydrogen-bond acceptors (Lipinski definition) is 9. The number of ether oxygens (including phenoxy) is 2. The maximum absolute atomic E-state index is 13.1. The Morgan fingerprint density at radius 3 is 1.77 bits per heavy atom. The second-order valence-corrected chi connectivity index (χ2v) is 21.4. The Balaban J connectivity index is 1.15. The molecule has 0 radical (unpaired) electrons. The van der Waals surface area contributed by atoms with Gasteiger partial charge in [0, 0.05) is 44.2 Å². The van der Waals surface area contributed by atoms with E-state index in [0.29, 0.717) is 49.5 Å². The van der Waals surface area contributed by atoms with Gasteiger partial charge in [0.1, 0.15) is 18.0 Å². The minimum Gasteiger partial charge on any atom is -0.462 e. The number of Topliss-reactive ketones (excluding diaryl/α,β-unsaturated/α-hetero) is 1. The highest BCUT2D eigenvalue weighted by atomic mass is 16.5. The molecule has 2 N–H and O–H groups in total. The number of ketones is 1. The standard InChI is InChI=1S/C55H98N2O7/c1-5-7-9-11-13-17-24-46(25-18-14-12-10-8-6-2)63-52(61)26-19-15-21-36-56(38-23-39-57(40-42-58)41-43-59)37-22-16-20-27-53(62)64-47-32-34-54(3)45(44-47)28-29-48-49-30-31-51(60)55(49,4)35-33-50(48)54/h28,46-50,58-59H,5-27,29-44H2,1-4H3. The van der Waals surface area contributed by atoms with E-state index in [2.05, 4.69) is 43.6 Å². The van der Waals surface area contributed by atoms with Crippen molar-refractivity contribution in [1.82, 2.24) is 9.80 Å². The zero-order chi connectivity index (χ0) is 46.0. The van der Waals surface area contributed by atoms with E-state index in [1.165, 1.54) is 69.8 Å². The first-order valence-corrected chi connectivity index (χ1v) is 27.4. The van der Waals surface area contributed by atoms with Crippen molar-refractivity contribution < 1.29 is 34.1 Å². The lowest BCUT2D eigenvalue weighted by Gasteiger charge is -2.56. The minimum atomic E-state index is -0.0982. The van der Waals surface area contributed by atoms with Crippen LogP contribution in [0.2, 0.25) is 0 Å². The summed E-state index contributed by atoms with van der Waals surface area (Å²) in [5, 5.41) is 19.0. The summed E-state index contributed by atoms with van der Waals surface area (Å²) in [4.78, 5) is 43.6. The zero-order valence-electron chi connectivity index (χ0n) is 41.9. The summed E-state index contributed by atoms with van der Waals surface area (Å²) in [6.07, 6.45) is 35.3. The molecule has 3 fully saturated rings. The molecule has 9 nitrogen and oxygen atoms in total. The highest BCUT2D eigenvalue weighted by Gasteiger charge is 2.58. The van der Waals surface area contributed by atoms with Crippen molar-refractivity contribution in [2.75, 3.05) is 52.5 Å². The van der Waals surface area contributed by atoms with Gasteiger partial charge in [-0.2, -0.15) is 0 Å². The largest absolute Gasteiger partial charge is 0.462 e. The van der Waals surface area contributed by atoms with Gasteiger partial charge in [-0.1, -0.05) is 116 Å². The number of aliphatic hydroxyl groups is 2. The van der Waals surface area contributed by atoms with Gasteiger partial charge in [0.05, 0.1) is 13.2 Å². The predicted octanol–water partition coefficient (Wildman–Crippen LogP) is 11.9. The molecule has 370 valence electrons. The van der Waals surface area contributed by atoms with Crippen LogP contribution in [0.1, 0.15) is 227 Å². The highest BCUT2D eigenvalue weighted by Crippen LogP contribution is 2.64. The number of carbonyl (C=O) groups excluding carboxylic acids is 3. The van der Waals surface area contributed by atoms with Gasteiger partial charge in [0.25, 0.3) is 0 Å². The first kappa shape index (κ1) is 54.8. The monoisotopic (exact) mass is 899 g/mol. The number of rotatable bonds is 36. The Labute approximate surface area is 392 Å². The van der Waals surface area contributed by atoms with Crippen LogP contribution in [-0.2, 0) is 23.9 Å². The maximum atomic E-state index is 13.1. The number of fused-ring (bicyclic) bond motifs is 5. The lowest BCUT2D eigenvalue weighted by molar-refractivity contribution is -0.152. The molecule has 0 spiro atoms.